The molecule has 0 spiro atoms. The van der Waals surface area contributed by atoms with Crippen molar-refractivity contribution >= 4 is 11.8 Å². The molecule has 0 aliphatic heterocycles. The number of aromatic nitrogens is 1. The summed E-state index contributed by atoms with van der Waals surface area (Å²) in [5.74, 6) is -2.29. The summed E-state index contributed by atoms with van der Waals surface area (Å²) in [6, 6.07) is 7.61. The number of aryl methyl sites for hydroxylation is 3. The first kappa shape index (κ1) is 14.1. The average Bonchev–Trinajstić information content (AvgIpc) is 2.65. The number of para-hydroxylation sites is 1. The van der Waals surface area contributed by atoms with Gasteiger partial charge in [-0.2, -0.15) is 0 Å². The van der Waals surface area contributed by atoms with E-state index in [1.54, 1.807) is 13.0 Å². The summed E-state index contributed by atoms with van der Waals surface area (Å²) in [6.45, 7) is 7.65. The smallest absolute Gasteiger partial charge is 0.377 e. The number of ketones is 1. The molecule has 0 fully saturated rings. The highest BCUT2D eigenvalue weighted by molar-refractivity contribution is 6.40. The first-order valence-corrected chi connectivity index (χ1v) is 6.37. The van der Waals surface area contributed by atoms with E-state index in [4.69, 9.17) is 5.11 Å². The van der Waals surface area contributed by atoms with Gasteiger partial charge in [-0.05, 0) is 44.9 Å². The van der Waals surface area contributed by atoms with E-state index in [-0.39, 0.29) is 5.56 Å². The molecule has 0 radical (unpaired) electrons. The van der Waals surface area contributed by atoms with Crippen LogP contribution in [0.5, 0.6) is 0 Å². The molecule has 2 aromatic rings. The molecule has 0 saturated carbocycles. The lowest BCUT2D eigenvalue weighted by Gasteiger charge is -2.15. The maximum absolute atomic E-state index is 11.7. The first-order valence-electron chi connectivity index (χ1n) is 6.37. The van der Waals surface area contributed by atoms with Crippen LogP contribution in [-0.2, 0) is 4.79 Å². The molecular weight excluding hydrogens is 254 g/mol. The van der Waals surface area contributed by atoms with E-state index in [1.165, 1.54) is 0 Å². The van der Waals surface area contributed by atoms with Gasteiger partial charge in [0.2, 0.25) is 0 Å². The Hall–Kier alpha value is -2.36. The number of nitrogens with zero attached hydrogens (tertiary/aromatic N) is 1. The predicted octanol–water partition coefficient (Wildman–Crippen LogP) is 2.98. The van der Waals surface area contributed by atoms with Crippen molar-refractivity contribution in [2.24, 2.45) is 0 Å². The molecule has 0 aliphatic carbocycles. The molecule has 0 aliphatic rings. The van der Waals surface area contributed by atoms with Gasteiger partial charge < -0.3 is 9.67 Å². The normalized spacial score (nSPS) is 10.6. The quantitative estimate of drug-likeness (QED) is 0.689. The SMILES string of the molecule is Cc1cccc(C)c1-n1c(C)cc(C(=O)C(=O)O)c1C. The monoisotopic (exact) mass is 271 g/mol. The van der Waals surface area contributed by atoms with Gasteiger partial charge in [-0.1, -0.05) is 18.2 Å². The summed E-state index contributed by atoms with van der Waals surface area (Å²) in [5.41, 5.74) is 4.93. The van der Waals surface area contributed by atoms with E-state index in [9.17, 15) is 9.59 Å². The topological polar surface area (TPSA) is 59.3 Å². The van der Waals surface area contributed by atoms with Gasteiger partial charge in [0, 0.05) is 11.4 Å². The molecule has 2 rings (SSSR count). The van der Waals surface area contributed by atoms with Crippen molar-refractivity contribution in [1.29, 1.82) is 0 Å². The largest absolute Gasteiger partial charge is 0.475 e. The third-order valence-corrected chi connectivity index (χ3v) is 3.53. The number of carbonyl (C=O) groups is 2. The zero-order valence-corrected chi connectivity index (χ0v) is 12.0. The van der Waals surface area contributed by atoms with E-state index < -0.39 is 11.8 Å². The molecule has 1 heterocycles. The second kappa shape index (κ2) is 4.96. The Balaban J connectivity index is 2.71. The Morgan fingerprint density at radius 3 is 2.10 bits per heavy atom. The average molecular weight is 271 g/mol. The maximum Gasteiger partial charge on any atom is 0.377 e. The van der Waals surface area contributed by atoms with Crippen LogP contribution in [0.1, 0.15) is 32.9 Å². The van der Waals surface area contributed by atoms with Crippen LogP contribution in [0.25, 0.3) is 5.69 Å². The van der Waals surface area contributed by atoms with Gasteiger partial charge in [0.1, 0.15) is 0 Å². The van der Waals surface area contributed by atoms with Crippen molar-refractivity contribution in [2.45, 2.75) is 27.7 Å². The number of rotatable bonds is 3. The lowest BCUT2D eigenvalue weighted by atomic mass is 10.1. The Labute approximate surface area is 117 Å². The summed E-state index contributed by atoms with van der Waals surface area (Å²) in [6.07, 6.45) is 0. The van der Waals surface area contributed by atoms with Crippen molar-refractivity contribution in [3.05, 3.63) is 52.3 Å². The van der Waals surface area contributed by atoms with Crippen LogP contribution in [0.15, 0.2) is 24.3 Å². The van der Waals surface area contributed by atoms with Gasteiger partial charge in [0.05, 0.1) is 11.3 Å². The van der Waals surface area contributed by atoms with Crippen LogP contribution in [-0.4, -0.2) is 21.4 Å². The zero-order valence-electron chi connectivity index (χ0n) is 12.0. The minimum absolute atomic E-state index is 0.248. The number of carboxylic acid groups (broad SMARTS) is 1. The number of aliphatic carboxylic acids is 1. The minimum Gasteiger partial charge on any atom is -0.475 e. The van der Waals surface area contributed by atoms with Gasteiger partial charge >= 0.3 is 5.97 Å². The van der Waals surface area contributed by atoms with Gasteiger partial charge in [-0.3, -0.25) is 4.79 Å². The van der Waals surface area contributed by atoms with Gasteiger partial charge in [-0.25, -0.2) is 4.79 Å². The number of hydrogen-bond acceptors (Lipinski definition) is 2. The number of carbonyl (C=O) groups excluding carboxylic acids is 1. The third kappa shape index (κ3) is 2.13. The number of carboxylic acids is 1. The summed E-state index contributed by atoms with van der Waals surface area (Å²) in [7, 11) is 0. The minimum atomic E-state index is -1.42. The fourth-order valence-corrected chi connectivity index (χ4v) is 2.61. The van der Waals surface area contributed by atoms with E-state index in [1.807, 2.05) is 43.5 Å². The molecule has 1 N–H and O–H groups in total. The maximum atomic E-state index is 11.7. The van der Waals surface area contributed by atoms with E-state index >= 15 is 0 Å². The summed E-state index contributed by atoms with van der Waals surface area (Å²) < 4.78 is 1.95. The highest BCUT2D eigenvalue weighted by Gasteiger charge is 2.22. The third-order valence-electron chi connectivity index (χ3n) is 3.53. The fourth-order valence-electron chi connectivity index (χ4n) is 2.61. The summed E-state index contributed by atoms with van der Waals surface area (Å²) in [5, 5.41) is 8.88. The molecule has 1 aromatic heterocycles. The van der Waals surface area contributed by atoms with E-state index in [0.717, 1.165) is 22.5 Å². The standard InChI is InChI=1S/C16H17NO3/c1-9-6-5-7-10(2)14(9)17-11(3)8-13(12(17)4)15(18)16(19)20/h5-8H,1-4H3,(H,19,20). The molecule has 1 aromatic carbocycles. The van der Waals surface area contributed by atoms with Crippen LogP contribution in [0.3, 0.4) is 0 Å². The van der Waals surface area contributed by atoms with Crippen LogP contribution < -0.4 is 0 Å². The Morgan fingerprint density at radius 1 is 1.05 bits per heavy atom. The van der Waals surface area contributed by atoms with Gasteiger partial charge in [-0.15, -0.1) is 0 Å². The van der Waals surface area contributed by atoms with Crippen LogP contribution in [0.2, 0.25) is 0 Å². The van der Waals surface area contributed by atoms with Crippen LogP contribution >= 0.6 is 0 Å². The number of hydrogen-bond donors (Lipinski definition) is 1. The van der Waals surface area contributed by atoms with E-state index in [0.29, 0.717) is 5.69 Å². The Morgan fingerprint density at radius 2 is 1.60 bits per heavy atom. The number of benzene rings is 1. The molecule has 104 valence electrons. The van der Waals surface area contributed by atoms with E-state index in [2.05, 4.69) is 0 Å². The molecule has 0 atom stereocenters. The van der Waals surface area contributed by atoms with Gasteiger partial charge in [0.15, 0.2) is 0 Å². The highest BCUT2D eigenvalue weighted by Crippen LogP contribution is 2.26. The zero-order chi connectivity index (χ0) is 15.0. The highest BCUT2D eigenvalue weighted by atomic mass is 16.4. The first-order chi connectivity index (χ1) is 9.34. The molecule has 4 heteroatoms. The molecule has 0 amide bonds. The van der Waals surface area contributed by atoms with Crippen molar-refractivity contribution in [3.63, 3.8) is 0 Å². The van der Waals surface area contributed by atoms with Crippen molar-refractivity contribution in [3.8, 4) is 5.69 Å². The molecule has 0 unspecified atom stereocenters. The van der Waals surface area contributed by atoms with Crippen LogP contribution in [0.4, 0.5) is 0 Å². The fraction of sp³-hybridized carbons (Fsp3) is 0.250. The Bertz CT molecular complexity index is 691. The lowest BCUT2D eigenvalue weighted by Crippen LogP contribution is -2.14. The van der Waals surface area contributed by atoms with Gasteiger partial charge in [0.25, 0.3) is 5.78 Å². The second-order valence-electron chi connectivity index (χ2n) is 4.99. The molecule has 4 nitrogen and oxygen atoms in total. The molecule has 0 bridgehead atoms. The molecule has 0 saturated heterocycles. The Kier molecular flexibility index (Phi) is 3.49. The lowest BCUT2D eigenvalue weighted by molar-refractivity contribution is -0.131. The predicted molar refractivity (Wildman–Crippen MR) is 76.7 cm³/mol. The number of Topliss-reactive ketones (excluding diaryl/α,β-unsaturated/α-hetero) is 1. The molecule has 20 heavy (non-hydrogen) atoms. The molecular formula is C16H17NO3. The second-order valence-corrected chi connectivity index (χ2v) is 4.99. The van der Waals surface area contributed by atoms with Crippen molar-refractivity contribution < 1.29 is 14.7 Å². The summed E-state index contributed by atoms with van der Waals surface area (Å²) in [4.78, 5) is 22.6. The summed E-state index contributed by atoms with van der Waals surface area (Å²) >= 11 is 0. The van der Waals surface area contributed by atoms with Crippen molar-refractivity contribution in [1.82, 2.24) is 4.57 Å². The van der Waals surface area contributed by atoms with Crippen LogP contribution in [0, 0.1) is 27.7 Å². The van der Waals surface area contributed by atoms with Crippen molar-refractivity contribution in [2.75, 3.05) is 0 Å².